The molecule has 0 aromatic rings. The number of hydrogen-bond donors (Lipinski definition) is 2. The highest BCUT2D eigenvalue weighted by Gasteiger charge is 2.26. The van der Waals surface area contributed by atoms with Crippen LogP contribution in [0.4, 0.5) is 0 Å². The molecule has 0 saturated heterocycles. The predicted molar refractivity (Wildman–Crippen MR) is 320 cm³/mol. The molecule has 0 heterocycles. The van der Waals surface area contributed by atoms with Crippen LogP contribution >= 0.6 is 7.82 Å². The van der Waals surface area contributed by atoms with E-state index < -0.39 is 32.5 Å². The van der Waals surface area contributed by atoms with Crippen LogP contribution in [0.5, 0.6) is 0 Å². The van der Waals surface area contributed by atoms with Crippen molar-refractivity contribution in [3.8, 4) is 0 Å². The Morgan fingerprint density at radius 1 is 0.400 bits per heavy atom. The molecule has 2 unspecified atom stereocenters. The molecular weight excluding hydrogens is 954 g/mol. The number of unbranched alkanes of at least 4 members (excludes halogenated alkanes) is 13. The number of hydrogen-bond acceptors (Lipinski definition) is 8. The Balaban J connectivity index is 4.08. The standard InChI is InChI=1S/C65H104NO8P/c1-3-5-7-9-11-13-15-17-19-21-23-24-25-26-27-28-29-30-31-32-33-34-35-36-37-38-40-42-44-46-48-50-52-54-56-58-65(68)74-63(62-73-75(69,70)72-60-59-66)61-71-64(67)57-55-53-51-49-47-45-43-41-39-22-20-18-16-14-12-10-8-6-4-2/h5-8,11-14,17-20,23-24,26-27,29-30,32-33,35-36,38-41,63H,3-4,9-10,15-16,21-22,25,28,31,34,37,42-62,66H2,1-2H3,(H,69,70)/b7-5-,8-6-,13-11-,14-12-,19-17-,20-18-,24-23-,27-26-,30-29-,33-32-,36-35-,40-38-,41-39-. The summed E-state index contributed by atoms with van der Waals surface area (Å²) in [5.41, 5.74) is 5.38. The first-order chi connectivity index (χ1) is 36.8. The van der Waals surface area contributed by atoms with Gasteiger partial charge in [0, 0.05) is 19.4 Å². The molecule has 0 aliphatic heterocycles. The van der Waals surface area contributed by atoms with Gasteiger partial charge in [0.15, 0.2) is 6.10 Å². The average molecular weight is 1060 g/mol. The molecule has 9 nitrogen and oxygen atoms in total. The van der Waals surface area contributed by atoms with Gasteiger partial charge in [-0.1, -0.05) is 230 Å². The molecule has 0 aliphatic rings. The largest absolute Gasteiger partial charge is 0.472 e. The third-order valence-electron chi connectivity index (χ3n) is 11.4. The van der Waals surface area contributed by atoms with E-state index in [0.29, 0.717) is 12.8 Å². The Hall–Kier alpha value is -4.37. The summed E-state index contributed by atoms with van der Waals surface area (Å²) in [4.78, 5) is 35.2. The number of ether oxygens (including phenoxy) is 2. The number of rotatable bonds is 52. The monoisotopic (exact) mass is 1060 g/mol. The van der Waals surface area contributed by atoms with Crippen LogP contribution in [0.1, 0.15) is 206 Å². The zero-order chi connectivity index (χ0) is 54.5. The second-order valence-electron chi connectivity index (χ2n) is 18.4. The highest BCUT2D eigenvalue weighted by molar-refractivity contribution is 7.47. The van der Waals surface area contributed by atoms with E-state index in [9.17, 15) is 19.0 Å². The van der Waals surface area contributed by atoms with Crippen molar-refractivity contribution in [1.29, 1.82) is 0 Å². The number of carbonyl (C=O) groups is 2. The highest BCUT2D eigenvalue weighted by Crippen LogP contribution is 2.43. The maximum Gasteiger partial charge on any atom is 0.472 e. The lowest BCUT2D eigenvalue weighted by Crippen LogP contribution is -2.29. The first kappa shape index (κ1) is 70.6. The van der Waals surface area contributed by atoms with Crippen LogP contribution < -0.4 is 5.73 Å². The molecule has 75 heavy (non-hydrogen) atoms. The summed E-state index contributed by atoms with van der Waals surface area (Å²) >= 11 is 0. The summed E-state index contributed by atoms with van der Waals surface area (Å²) in [6, 6.07) is 0. The van der Waals surface area contributed by atoms with E-state index in [0.717, 1.165) is 154 Å². The van der Waals surface area contributed by atoms with Gasteiger partial charge in [0.1, 0.15) is 6.61 Å². The van der Waals surface area contributed by atoms with E-state index in [4.69, 9.17) is 24.3 Å². The summed E-state index contributed by atoms with van der Waals surface area (Å²) in [6.45, 7) is 3.46. The van der Waals surface area contributed by atoms with Crippen LogP contribution in [0.3, 0.4) is 0 Å². The third kappa shape index (κ3) is 58.7. The minimum absolute atomic E-state index is 0.0402. The van der Waals surface area contributed by atoms with Crippen molar-refractivity contribution in [3.05, 3.63) is 158 Å². The second-order valence-corrected chi connectivity index (χ2v) is 19.8. The van der Waals surface area contributed by atoms with Gasteiger partial charge in [0.25, 0.3) is 0 Å². The third-order valence-corrected chi connectivity index (χ3v) is 12.4. The Morgan fingerprint density at radius 2 is 0.693 bits per heavy atom. The Morgan fingerprint density at radius 3 is 1.03 bits per heavy atom. The fourth-order valence-electron chi connectivity index (χ4n) is 7.21. The lowest BCUT2D eigenvalue weighted by molar-refractivity contribution is -0.161. The molecule has 0 radical (unpaired) electrons. The normalized spacial score (nSPS) is 14.2. The molecule has 3 N–H and O–H groups in total. The lowest BCUT2D eigenvalue weighted by Gasteiger charge is -2.19. The Labute approximate surface area is 458 Å². The average Bonchev–Trinajstić information content (AvgIpc) is 3.40. The fraction of sp³-hybridized carbons (Fsp3) is 0.569. The van der Waals surface area contributed by atoms with Crippen molar-refractivity contribution in [3.63, 3.8) is 0 Å². The highest BCUT2D eigenvalue weighted by atomic mass is 31.2. The molecule has 0 aromatic carbocycles. The zero-order valence-corrected chi connectivity index (χ0v) is 47.9. The zero-order valence-electron chi connectivity index (χ0n) is 47.0. The van der Waals surface area contributed by atoms with Gasteiger partial charge in [0.2, 0.25) is 0 Å². The van der Waals surface area contributed by atoms with Gasteiger partial charge in [-0.2, -0.15) is 0 Å². The molecule has 0 saturated carbocycles. The van der Waals surface area contributed by atoms with E-state index in [2.05, 4.69) is 172 Å². The summed E-state index contributed by atoms with van der Waals surface area (Å²) in [6.07, 6.45) is 85.8. The summed E-state index contributed by atoms with van der Waals surface area (Å²) < 4.78 is 33.0. The molecule has 10 heteroatoms. The van der Waals surface area contributed by atoms with Crippen LogP contribution in [-0.2, 0) is 32.7 Å². The first-order valence-electron chi connectivity index (χ1n) is 29.0. The Bertz CT molecular complexity index is 1780. The molecule has 2 atom stereocenters. The summed E-state index contributed by atoms with van der Waals surface area (Å²) in [7, 11) is -4.41. The Kier molecular flexibility index (Phi) is 55.5. The van der Waals surface area contributed by atoms with Gasteiger partial charge in [0.05, 0.1) is 13.2 Å². The van der Waals surface area contributed by atoms with Gasteiger partial charge in [-0.3, -0.25) is 18.6 Å². The van der Waals surface area contributed by atoms with Gasteiger partial charge >= 0.3 is 19.8 Å². The number of esters is 2. The number of allylic oxidation sites excluding steroid dienone is 26. The van der Waals surface area contributed by atoms with Crippen molar-refractivity contribution in [2.24, 2.45) is 5.73 Å². The van der Waals surface area contributed by atoms with Crippen LogP contribution in [0.2, 0.25) is 0 Å². The number of nitrogens with two attached hydrogens (primary N) is 1. The summed E-state index contributed by atoms with van der Waals surface area (Å²) in [5, 5.41) is 0. The molecule has 0 aliphatic carbocycles. The van der Waals surface area contributed by atoms with Crippen molar-refractivity contribution >= 4 is 19.8 Å². The lowest BCUT2D eigenvalue weighted by atomic mass is 10.1. The first-order valence-corrected chi connectivity index (χ1v) is 30.5. The minimum atomic E-state index is -4.41. The maximum absolute atomic E-state index is 12.7. The number of phosphoric acid groups is 1. The van der Waals surface area contributed by atoms with Gasteiger partial charge in [-0.15, -0.1) is 0 Å². The van der Waals surface area contributed by atoms with Crippen molar-refractivity contribution in [1.82, 2.24) is 0 Å². The quantitative estimate of drug-likeness (QED) is 0.0264. The van der Waals surface area contributed by atoms with Crippen molar-refractivity contribution < 1.29 is 37.6 Å². The van der Waals surface area contributed by atoms with Gasteiger partial charge < -0.3 is 20.1 Å². The molecule has 0 aromatic heterocycles. The van der Waals surface area contributed by atoms with Crippen molar-refractivity contribution in [2.75, 3.05) is 26.4 Å². The fourth-order valence-corrected chi connectivity index (χ4v) is 7.97. The molecule has 0 spiro atoms. The predicted octanol–water partition coefficient (Wildman–Crippen LogP) is 18.5. The SMILES string of the molecule is CC/C=C\C/C=C\C/C=C\C/C=C\C/C=C\C/C=C\C/C=C\C/C=C\C/C=C\CCCCCCCCCC(=O)OC(COC(=O)CCCCCCCC/C=C\C/C=C\C/C=C\C/C=C\CC)COP(=O)(O)OCCN. The van der Waals surface area contributed by atoms with Gasteiger partial charge in [-0.05, 0) is 122 Å². The van der Waals surface area contributed by atoms with Crippen LogP contribution in [0.15, 0.2) is 158 Å². The molecule has 0 amide bonds. The summed E-state index contributed by atoms with van der Waals surface area (Å²) in [5.74, 6) is -0.870. The number of phosphoric ester groups is 1. The van der Waals surface area contributed by atoms with E-state index in [-0.39, 0.29) is 32.6 Å². The van der Waals surface area contributed by atoms with E-state index in [1.165, 1.54) is 12.8 Å². The molecule has 0 bridgehead atoms. The van der Waals surface area contributed by atoms with Crippen LogP contribution in [0, 0.1) is 0 Å². The topological polar surface area (TPSA) is 134 Å². The van der Waals surface area contributed by atoms with E-state index in [1.54, 1.807) is 0 Å². The molecule has 422 valence electrons. The van der Waals surface area contributed by atoms with E-state index in [1.807, 2.05) is 0 Å². The number of carbonyl (C=O) groups excluding carboxylic acids is 2. The van der Waals surface area contributed by atoms with E-state index >= 15 is 0 Å². The van der Waals surface area contributed by atoms with Crippen molar-refractivity contribution in [2.45, 2.75) is 213 Å². The van der Waals surface area contributed by atoms with Gasteiger partial charge in [-0.25, -0.2) is 4.57 Å². The molecule has 0 rings (SSSR count). The molecular formula is C65H104NO8P. The maximum atomic E-state index is 12.7. The molecule has 0 fully saturated rings. The van der Waals surface area contributed by atoms with Crippen LogP contribution in [-0.4, -0.2) is 49.3 Å². The van der Waals surface area contributed by atoms with Crippen LogP contribution in [0.25, 0.3) is 0 Å². The second kappa shape index (κ2) is 58.9. The smallest absolute Gasteiger partial charge is 0.462 e. The minimum Gasteiger partial charge on any atom is -0.462 e.